The van der Waals surface area contributed by atoms with E-state index in [1.54, 1.807) is 6.92 Å². The Morgan fingerprint density at radius 2 is 1.88 bits per heavy atom. The highest BCUT2D eigenvalue weighted by Gasteiger charge is 2.19. The number of carbonyl (C=O) groups excluding carboxylic acids is 1. The Morgan fingerprint density at radius 3 is 2.42 bits per heavy atom. The SMILES string of the molecule is CCN(CC)C(CNC(=O)Cc1noc(C)n1)c1ccc(C)cc1. The van der Waals surface area contributed by atoms with Gasteiger partial charge in [0.15, 0.2) is 5.82 Å². The van der Waals surface area contributed by atoms with Crippen molar-refractivity contribution in [2.45, 2.75) is 40.2 Å². The van der Waals surface area contributed by atoms with E-state index in [0.717, 1.165) is 13.1 Å². The van der Waals surface area contributed by atoms with Gasteiger partial charge in [0.25, 0.3) is 0 Å². The summed E-state index contributed by atoms with van der Waals surface area (Å²) in [5.41, 5.74) is 2.44. The Bertz CT molecular complexity index is 647. The molecule has 0 aliphatic rings. The maximum absolute atomic E-state index is 12.2. The molecule has 2 rings (SSSR count). The smallest absolute Gasteiger partial charge is 0.227 e. The fourth-order valence-electron chi connectivity index (χ4n) is 2.74. The van der Waals surface area contributed by atoms with E-state index in [0.29, 0.717) is 18.3 Å². The van der Waals surface area contributed by atoms with E-state index >= 15 is 0 Å². The fraction of sp³-hybridized carbons (Fsp3) is 0.500. The van der Waals surface area contributed by atoms with Gasteiger partial charge in [-0.15, -0.1) is 0 Å². The number of aromatic nitrogens is 2. The molecule has 0 fully saturated rings. The molecule has 1 unspecified atom stereocenters. The van der Waals surface area contributed by atoms with Crippen LogP contribution in [0.15, 0.2) is 28.8 Å². The molecule has 1 atom stereocenters. The number of carbonyl (C=O) groups is 1. The Kier molecular flexibility index (Phi) is 6.49. The predicted molar refractivity (Wildman–Crippen MR) is 92.6 cm³/mol. The van der Waals surface area contributed by atoms with Crippen molar-refractivity contribution in [3.63, 3.8) is 0 Å². The minimum atomic E-state index is -0.0972. The number of aryl methyl sites for hydroxylation is 2. The Morgan fingerprint density at radius 1 is 1.21 bits per heavy atom. The van der Waals surface area contributed by atoms with Gasteiger partial charge in [-0.2, -0.15) is 4.98 Å². The van der Waals surface area contributed by atoms with Gasteiger partial charge in [-0.1, -0.05) is 48.8 Å². The van der Waals surface area contributed by atoms with Crippen LogP contribution in [0.3, 0.4) is 0 Å². The topological polar surface area (TPSA) is 71.3 Å². The van der Waals surface area contributed by atoms with E-state index in [1.165, 1.54) is 11.1 Å². The lowest BCUT2D eigenvalue weighted by Crippen LogP contribution is -2.38. The van der Waals surface area contributed by atoms with Gasteiger partial charge < -0.3 is 9.84 Å². The molecule has 0 saturated carbocycles. The van der Waals surface area contributed by atoms with E-state index in [2.05, 4.69) is 65.4 Å². The summed E-state index contributed by atoms with van der Waals surface area (Å²) in [6.07, 6.45) is 0.135. The van der Waals surface area contributed by atoms with Crippen LogP contribution in [0.4, 0.5) is 0 Å². The average molecular weight is 330 g/mol. The molecule has 6 nitrogen and oxygen atoms in total. The quantitative estimate of drug-likeness (QED) is 0.805. The number of amides is 1. The first kappa shape index (κ1) is 18.1. The van der Waals surface area contributed by atoms with Crippen molar-refractivity contribution in [3.05, 3.63) is 47.1 Å². The Hall–Kier alpha value is -2.21. The van der Waals surface area contributed by atoms with Gasteiger partial charge in [0.1, 0.15) is 0 Å². The molecular formula is C18H26N4O2. The molecule has 0 bridgehead atoms. The minimum absolute atomic E-state index is 0.0972. The van der Waals surface area contributed by atoms with Gasteiger partial charge >= 0.3 is 0 Å². The molecule has 1 aromatic heterocycles. The molecule has 2 aromatic rings. The normalized spacial score (nSPS) is 12.4. The third-order valence-corrected chi connectivity index (χ3v) is 4.10. The molecule has 6 heteroatoms. The van der Waals surface area contributed by atoms with Crippen molar-refractivity contribution in [2.24, 2.45) is 0 Å². The van der Waals surface area contributed by atoms with Crippen molar-refractivity contribution >= 4 is 5.91 Å². The van der Waals surface area contributed by atoms with Crippen LogP contribution in [0.1, 0.15) is 42.7 Å². The summed E-state index contributed by atoms with van der Waals surface area (Å²) in [6.45, 7) is 10.5. The summed E-state index contributed by atoms with van der Waals surface area (Å²) < 4.78 is 4.90. The minimum Gasteiger partial charge on any atom is -0.354 e. The maximum atomic E-state index is 12.2. The Labute approximate surface area is 143 Å². The molecule has 1 heterocycles. The lowest BCUT2D eigenvalue weighted by atomic mass is 10.0. The number of nitrogens with zero attached hydrogens (tertiary/aromatic N) is 3. The van der Waals surface area contributed by atoms with Crippen LogP contribution >= 0.6 is 0 Å². The first-order valence-electron chi connectivity index (χ1n) is 8.40. The Balaban J connectivity index is 2.02. The lowest BCUT2D eigenvalue weighted by molar-refractivity contribution is -0.120. The molecule has 0 aliphatic carbocycles. The first-order valence-corrected chi connectivity index (χ1v) is 8.40. The molecule has 0 aliphatic heterocycles. The monoisotopic (exact) mass is 330 g/mol. The molecule has 1 aromatic carbocycles. The third kappa shape index (κ3) is 4.89. The van der Waals surface area contributed by atoms with Crippen molar-refractivity contribution in [1.82, 2.24) is 20.4 Å². The number of benzene rings is 1. The van der Waals surface area contributed by atoms with E-state index in [1.807, 2.05) is 0 Å². The highest BCUT2D eigenvalue weighted by atomic mass is 16.5. The van der Waals surface area contributed by atoms with Gasteiger partial charge in [0.05, 0.1) is 12.5 Å². The summed E-state index contributed by atoms with van der Waals surface area (Å²) in [4.78, 5) is 18.6. The summed E-state index contributed by atoms with van der Waals surface area (Å²) in [5, 5.41) is 6.76. The standard InChI is InChI=1S/C18H26N4O2/c1-5-22(6-2)16(15-9-7-13(3)8-10-15)12-19-18(23)11-17-20-14(4)24-21-17/h7-10,16H,5-6,11-12H2,1-4H3,(H,19,23). The van der Waals surface area contributed by atoms with Crippen molar-refractivity contribution in [1.29, 1.82) is 0 Å². The zero-order valence-electron chi connectivity index (χ0n) is 14.9. The second kappa shape index (κ2) is 8.59. The maximum Gasteiger partial charge on any atom is 0.227 e. The highest BCUT2D eigenvalue weighted by Crippen LogP contribution is 2.20. The average Bonchev–Trinajstić information content (AvgIpc) is 2.97. The predicted octanol–water partition coefficient (Wildman–Crippen LogP) is 2.43. The number of hydrogen-bond acceptors (Lipinski definition) is 5. The van der Waals surface area contributed by atoms with E-state index in [4.69, 9.17) is 4.52 Å². The van der Waals surface area contributed by atoms with E-state index < -0.39 is 0 Å². The zero-order chi connectivity index (χ0) is 17.5. The van der Waals surface area contributed by atoms with Crippen molar-refractivity contribution < 1.29 is 9.32 Å². The lowest BCUT2D eigenvalue weighted by Gasteiger charge is -2.30. The van der Waals surface area contributed by atoms with Gasteiger partial charge in [-0.3, -0.25) is 9.69 Å². The number of rotatable bonds is 8. The van der Waals surface area contributed by atoms with Crippen LogP contribution in [-0.2, 0) is 11.2 Å². The van der Waals surface area contributed by atoms with Crippen LogP contribution in [0.25, 0.3) is 0 Å². The van der Waals surface area contributed by atoms with Gasteiger partial charge in [0.2, 0.25) is 11.8 Å². The van der Waals surface area contributed by atoms with Crippen LogP contribution in [0.2, 0.25) is 0 Å². The molecule has 0 radical (unpaired) electrons. The molecule has 1 N–H and O–H groups in total. The van der Waals surface area contributed by atoms with Gasteiger partial charge in [-0.25, -0.2) is 0 Å². The van der Waals surface area contributed by atoms with Gasteiger partial charge in [0, 0.05) is 13.5 Å². The van der Waals surface area contributed by atoms with Crippen LogP contribution < -0.4 is 5.32 Å². The number of likely N-dealkylation sites (N-methyl/N-ethyl adjacent to an activating group) is 1. The summed E-state index contributed by atoms with van der Waals surface area (Å²) >= 11 is 0. The summed E-state index contributed by atoms with van der Waals surface area (Å²) in [6, 6.07) is 8.63. The molecule has 0 saturated heterocycles. The number of hydrogen-bond donors (Lipinski definition) is 1. The second-order valence-electron chi connectivity index (χ2n) is 5.86. The first-order chi connectivity index (χ1) is 11.5. The highest BCUT2D eigenvalue weighted by molar-refractivity contribution is 5.77. The van der Waals surface area contributed by atoms with Crippen molar-refractivity contribution in [2.75, 3.05) is 19.6 Å². The van der Waals surface area contributed by atoms with E-state index in [-0.39, 0.29) is 18.4 Å². The molecule has 130 valence electrons. The largest absolute Gasteiger partial charge is 0.354 e. The second-order valence-corrected chi connectivity index (χ2v) is 5.86. The van der Waals surface area contributed by atoms with Crippen molar-refractivity contribution in [3.8, 4) is 0 Å². The van der Waals surface area contributed by atoms with Gasteiger partial charge in [-0.05, 0) is 25.6 Å². The summed E-state index contributed by atoms with van der Waals surface area (Å²) in [7, 11) is 0. The van der Waals surface area contributed by atoms with Crippen LogP contribution in [0.5, 0.6) is 0 Å². The van der Waals surface area contributed by atoms with Crippen LogP contribution in [0, 0.1) is 13.8 Å². The third-order valence-electron chi connectivity index (χ3n) is 4.10. The summed E-state index contributed by atoms with van der Waals surface area (Å²) in [5.74, 6) is 0.790. The zero-order valence-corrected chi connectivity index (χ0v) is 14.9. The molecule has 0 spiro atoms. The fourth-order valence-corrected chi connectivity index (χ4v) is 2.74. The molecular weight excluding hydrogens is 304 g/mol. The number of nitrogens with one attached hydrogen (secondary N) is 1. The molecule has 24 heavy (non-hydrogen) atoms. The van der Waals surface area contributed by atoms with Crippen LogP contribution in [-0.4, -0.2) is 40.6 Å². The van der Waals surface area contributed by atoms with E-state index in [9.17, 15) is 4.79 Å². The molecule has 1 amide bonds.